The Morgan fingerprint density at radius 1 is 1.50 bits per heavy atom. The van der Waals surface area contributed by atoms with Crippen molar-refractivity contribution in [3.05, 3.63) is 0 Å². The van der Waals surface area contributed by atoms with E-state index in [1.165, 1.54) is 4.90 Å². The smallest absolute Gasteiger partial charge is 0.326 e. The molecule has 5 heteroatoms. The number of carbonyl (C=O) groups is 2. The summed E-state index contributed by atoms with van der Waals surface area (Å²) >= 11 is 0. The Kier molecular flexibility index (Phi) is 3.91. The van der Waals surface area contributed by atoms with Crippen LogP contribution in [0.2, 0.25) is 0 Å². The monoisotopic (exact) mass is 228 g/mol. The standard InChI is InChI=1S/C11H20N2O3/c1-11(2,12)6-5-9(14)13-7-3-4-8(13)10(15)16/h8H,3-7,12H2,1-2H3,(H,15,16). The summed E-state index contributed by atoms with van der Waals surface area (Å²) in [4.78, 5) is 24.2. The number of carboxylic acid groups (broad SMARTS) is 1. The third-order valence-corrected chi connectivity index (χ3v) is 2.84. The molecule has 1 rings (SSSR count). The largest absolute Gasteiger partial charge is 0.480 e. The number of rotatable bonds is 4. The predicted octanol–water partition coefficient (Wildman–Crippen LogP) is 0.579. The van der Waals surface area contributed by atoms with Crippen molar-refractivity contribution in [3.8, 4) is 0 Å². The average Bonchev–Trinajstić information content (AvgIpc) is 2.61. The van der Waals surface area contributed by atoms with Gasteiger partial charge in [-0.25, -0.2) is 4.79 Å². The van der Waals surface area contributed by atoms with Gasteiger partial charge in [-0.2, -0.15) is 0 Å². The molecule has 1 aliphatic rings. The van der Waals surface area contributed by atoms with Gasteiger partial charge in [0.15, 0.2) is 0 Å². The zero-order valence-electron chi connectivity index (χ0n) is 9.90. The van der Waals surface area contributed by atoms with E-state index in [0.717, 1.165) is 6.42 Å². The van der Waals surface area contributed by atoms with E-state index in [4.69, 9.17) is 10.8 Å². The van der Waals surface area contributed by atoms with Crippen LogP contribution >= 0.6 is 0 Å². The first-order valence-electron chi connectivity index (χ1n) is 5.62. The zero-order chi connectivity index (χ0) is 12.3. The fraction of sp³-hybridized carbons (Fsp3) is 0.818. The van der Waals surface area contributed by atoms with Crippen LogP contribution in [0.3, 0.4) is 0 Å². The number of carboxylic acids is 1. The number of likely N-dealkylation sites (tertiary alicyclic amines) is 1. The van der Waals surface area contributed by atoms with Gasteiger partial charge in [-0.15, -0.1) is 0 Å². The van der Waals surface area contributed by atoms with Crippen LogP contribution in [0, 0.1) is 0 Å². The lowest BCUT2D eigenvalue weighted by Gasteiger charge is -2.24. The minimum Gasteiger partial charge on any atom is -0.480 e. The maximum absolute atomic E-state index is 11.8. The van der Waals surface area contributed by atoms with Crippen molar-refractivity contribution in [1.29, 1.82) is 0 Å². The van der Waals surface area contributed by atoms with Gasteiger partial charge in [0.05, 0.1) is 0 Å². The maximum atomic E-state index is 11.8. The molecule has 1 amide bonds. The van der Waals surface area contributed by atoms with Crippen molar-refractivity contribution in [2.75, 3.05) is 6.54 Å². The quantitative estimate of drug-likeness (QED) is 0.737. The molecule has 1 heterocycles. The van der Waals surface area contributed by atoms with Crippen molar-refractivity contribution < 1.29 is 14.7 Å². The minimum atomic E-state index is -0.905. The summed E-state index contributed by atoms with van der Waals surface area (Å²) in [6.07, 6.45) is 2.24. The zero-order valence-corrected chi connectivity index (χ0v) is 9.90. The van der Waals surface area contributed by atoms with Crippen LogP contribution in [0.15, 0.2) is 0 Å². The second-order valence-corrected chi connectivity index (χ2v) is 5.07. The number of nitrogens with two attached hydrogens (primary N) is 1. The van der Waals surface area contributed by atoms with Gasteiger partial charge >= 0.3 is 5.97 Å². The van der Waals surface area contributed by atoms with Gasteiger partial charge in [0.2, 0.25) is 5.91 Å². The molecule has 1 fully saturated rings. The van der Waals surface area contributed by atoms with E-state index in [1.807, 2.05) is 13.8 Å². The van der Waals surface area contributed by atoms with Crippen molar-refractivity contribution in [3.63, 3.8) is 0 Å². The Hall–Kier alpha value is -1.10. The van der Waals surface area contributed by atoms with Crippen LogP contribution in [0.1, 0.15) is 39.5 Å². The minimum absolute atomic E-state index is 0.0941. The molecule has 5 nitrogen and oxygen atoms in total. The van der Waals surface area contributed by atoms with Gasteiger partial charge in [-0.1, -0.05) is 0 Å². The Morgan fingerprint density at radius 2 is 2.12 bits per heavy atom. The van der Waals surface area contributed by atoms with E-state index in [0.29, 0.717) is 25.8 Å². The first kappa shape index (κ1) is 13.0. The Bertz CT molecular complexity index is 283. The van der Waals surface area contributed by atoms with Gasteiger partial charge in [0, 0.05) is 18.5 Å². The molecule has 0 radical (unpaired) electrons. The van der Waals surface area contributed by atoms with E-state index < -0.39 is 12.0 Å². The molecule has 0 bridgehead atoms. The van der Waals surface area contributed by atoms with Crippen molar-refractivity contribution in [2.45, 2.75) is 51.1 Å². The average molecular weight is 228 g/mol. The van der Waals surface area contributed by atoms with Crippen LogP contribution < -0.4 is 5.73 Å². The Balaban J connectivity index is 2.50. The summed E-state index contributed by atoms with van der Waals surface area (Å²) in [5.41, 5.74) is 5.41. The lowest BCUT2D eigenvalue weighted by atomic mass is 9.99. The lowest BCUT2D eigenvalue weighted by molar-refractivity contribution is -0.148. The molecule has 0 saturated carbocycles. The van der Waals surface area contributed by atoms with Crippen LogP contribution in [-0.4, -0.2) is 40.0 Å². The topological polar surface area (TPSA) is 83.6 Å². The number of carbonyl (C=O) groups excluding carboxylic acids is 1. The SMILES string of the molecule is CC(C)(N)CCC(=O)N1CCCC1C(=O)O. The van der Waals surface area contributed by atoms with Crippen molar-refractivity contribution in [1.82, 2.24) is 4.90 Å². The van der Waals surface area contributed by atoms with Crippen molar-refractivity contribution in [2.24, 2.45) is 5.73 Å². The molecule has 0 aromatic heterocycles. The predicted molar refractivity (Wildman–Crippen MR) is 59.9 cm³/mol. The highest BCUT2D eigenvalue weighted by Crippen LogP contribution is 2.20. The molecular weight excluding hydrogens is 208 g/mol. The molecule has 16 heavy (non-hydrogen) atoms. The molecule has 92 valence electrons. The highest BCUT2D eigenvalue weighted by Gasteiger charge is 2.33. The summed E-state index contributed by atoms with van der Waals surface area (Å²) in [6, 6.07) is -0.631. The van der Waals surface area contributed by atoms with Crippen LogP contribution in [0.4, 0.5) is 0 Å². The molecule has 0 spiro atoms. The summed E-state index contributed by atoms with van der Waals surface area (Å²) in [5, 5.41) is 8.94. The van der Waals surface area contributed by atoms with E-state index in [9.17, 15) is 9.59 Å². The van der Waals surface area contributed by atoms with Crippen LogP contribution in [0.5, 0.6) is 0 Å². The molecular formula is C11H20N2O3. The summed E-state index contributed by atoms with van der Waals surface area (Å²) in [5.74, 6) is -0.999. The number of amides is 1. The van der Waals surface area contributed by atoms with Gasteiger partial charge in [-0.05, 0) is 33.1 Å². The van der Waals surface area contributed by atoms with Crippen LogP contribution in [-0.2, 0) is 9.59 Å². The van der Waals surface area contributed by atoms with Gasteiger partial charge in [0.1, 0.15) is 6.04 Å². The van der Waals surface area contributed by atoms with Gasteiger partial charge in [-0.3, -0.25) is 4.79 Å². The Labute approximate surface area is 95.6 Å². The van der Waals surface area contributed by atoms with Crippen LogP contribution in [0.25, 0.3) is 0 Å². The summed E-state index contributed by atoms with van der Waals surface area (Å²) in [7, 11) is 0. The lowest BCUT2D eigenvalue weighted by Crippen LogP contribution is -2.41. The molecule has 0 aliphatic carbocycles. The highest BCUT2D eigenvalue weighted by molar-refractivity contribution is 5.84. The van der Waals surface area contributed by atoms with E-state index in [-0.39, 0.29) is 11.4 Å². The first-order valence-corrected chi connectivity index (χ1v) is 5.62. The number of aliphatic carboxylic acids is 1. The Morgan fingerprint density at radius 3 is 2.62 bits per heavy atom. The van der Waals surface area contributed by atoms with Crippen molar-refractivity contribution >= 4 is 11.9 Å². The molecule has 0 aromatic rings. The molecule has 1 atom stereocenters. The van der Waals surface area contributed by atoms with Gasteiger partial charge in [0.25, 0.3) is 0 Å². The number of hydrogen-bond acceptors (Lipinski definition) is 3. The molecule has 3 N–H and O–H groups in total. The van der Waals surface area contributed by atoms with Gasteiger partial charge < -0.3 is 15.7 Å². The van der Waals surface area contributed by atoms with E-state index >= 15 is 0 Å². The third kappa shape index (κ3) is 3.48. The molecule has 1 saturated heterocycles. The summed E-state index contributed by atoms with van der Waals surface area (Å²) in [6.45, 7) is 4.28. The fourth-order valence-electron chi connectivity index (χ4n) is 1.89. The van der Waals surface area contributed by atoms with E-state index in [2.05, 4.69) is 0 Å². The second-order valence-electron chi connectivity index (χ2n) is 5.07. The summed E-state index contributed by atoms with van der Waals surface area (Å²) < 4.78 is 0. The number of nitrogens with zero attached hydrogens (tertiary/aromatic N) is 1. The second kappa shape index (κ2) is 4.82. The fourth-order valence-corrected chi connectivity index (χ4v) is 1.89. The maximum Gasteiger partial charge on any atom is 0.326 e. The molecule has 1 aliphatic heterocycles. The molecule has 1 unspecified atom stereocenters. The normalized spacial score (nSPS) is 21.2. The highest BCUT2D eigenvalue weighted by atomic mass is 16.4. The molecule has 0 aromatic carbocycles. The number of hydrogen-bond donors (Lipinski definition) is 2. The first-order chi connectivity index (χ1) is 7.31. The third-order valence-electron chi connectivity index (χ3n) is 2.84. The van der Waals surface area contributed by atoms with E-state index in [1.54, 1.807) is 0 Å².